The second kappa shape index (κ2) is 6.24. The highest BCUT2D eigenvalue weighted by molar-refractivity contribution is 9.10. The maximum atomic E-state index is 4.55. The summed E-state index contributed by atoms with van der Waals surface area (Å²) in [6.07, 6.45) is 3.70. The first-order valence-corrected chi connectivity index (χ1v) is 7.63. The van der Waals surface area contributed by atoms with Gasteiger partial charge in [0, 0.05) is 18.1 Å². The Morgan fingerprint density at radius 2 is 2.17 bits per heavy atom. The molecule has 0 aromatic carbocycles. The first-order chi connectivity index (χ1) is 8.76. The Kier molecular flexibility index (Phi) is 4.66. The molecular weight excluding hydrogens is 312 g/mol. The molecule has 18 heavy (non-hydrogen) atoms. The van der Waals surface area contributed by atoms with Crippen LogP contribution in [0.1, 0.15) is 26.0 Å². The number of rotatable bonds is 5. The fourth-order valence-electron chi connectivity index (χ4n) is 1.52. The van der Waals surface area contributed by atoms with E-state index in [0.29, 0.717) is 5.82 Å². The monoisotopic (exact) mass is 326 g/mol. The van der Waals surface area contributed by atoms with E-state index in [0.717, 1.165) is 40.4 Å². The van der Waals surface area contributed by atoms with Crippen molar-refractivity contribution in [1.29, 1.82) is 0 Å². The van der Waals surface area contributed by atoms with Crippen LogP contribution in [0, 0.1) is 0 Å². The van der Waals surface area contributed by atoms with Crippen LogP contribution in [-0.2, 0) is 6.42 Å². The van der Waals surface area contributed by atoms with Gasteiger partial charge < -0.3 is 5.32 Å². The standard InChI is InChI=1S/C12H15BrN4S/c1-3-5-14-10-9(13)8(4-2)16-11(17-10)12-15-6-7-18-12/h6-7H,3-5H2,1-2H3,(H,14,16,17). The minimum atomic E-state index is 0.698. The van der Waals surface area contributed by atoms with E-state index in [4.69, 9.17) is 0 Å². The third kappa shape index (κ3) is 2.87. The van der Waals surface area contributed by atoms with Crippen LogP contribution in [-0.4, -0.2) is 21.5 Å². The van der Waals surface area contributed by atoms with E-state index in [2.05, 4.69) is 50.0 Å². The zero-order valence-corrected chi connectivity index (χ0v) is 12.8. The Bertz CT molecular complexity index is 513. The van der Waals surface area contributed by atoms with Gasteiger partial charge in [-0.2, -0.15) is 0 Å². The van der Waals surface area contributed by atoms with Crippen molar-refractivity contribution in [3.8, 4) is 10.8 Å². The molecule has 0 saturated carbocycles. The topological polar surface area (TPSA) is 50.7 Å². The highest BCUT2D eigenvalue weighted by atomic mass is 79.9. The van der Waals surface area contributed by atoms with Crippen LogP contribution in [0.25, 0.3) is 10.8 Å². The Morgan fingerprint density at radius 3 is 2.78 bits per heavy atom. The average Bonchev–Trinajstić information content (AvgIpc) is 2.91. The minimum Gasteiger partial charge on any atom is -0.369 e. The number of thiazole rings is 1. The summed E-state index contributed by atoms with van der Waals surface area (Å²) >= 11 is 5.12. The molecule has 0 unspecified atom stereocenters. The lowest BCUT2D eigenvalue weighted by atomic mass is 10.3. The fraction of sp³-hybridized carbons (Fsp3) is 0.417. The molecule has 0 aliphatic carbocycles. The molecule has 0 spiro atoms. The Morgan fingerprint density at radius 1 is 1.33 bits per heavy atom. The lowest BCUT2D eigenvalue weighted by molar-refractivity contribution is 0.943. The first kappa shape index (κ1) is 13.4. The van der Waals surface area contributed by atoms with Crippen LogP contribution in [0.3, 0.4) is 0 Å². The van der Waals surface area contributed by atoms with Crippen molar-refractivity contribution >= 4 is 33.1 Å². The van der Waals surface area contributed by atoms with Gasteiger partial charge in [-0.05, 0) is 28.8 Å². The van der Waals surface area contributed by atoms with Crippen LogP contribution in [0.5, 0.6) is 0 Å². The molecular formula is C12H15BrN4S. The second-order valence-corrected chi connectivity index (χ2v) is 5.46. The smallest absolute Gasteiger partial charge is 0.190 e. The summed E-state index contributed by atoms with van der Waals surface area (Å²) in [4.78, 5) is 13.4. The fourth-order valence-corrected chi connectivity index (χ4v) is 2.68. The van der Waals surface area contributed by atoms with E-state index in [1.54, 1.807) is 17.5 Å². The van der Waals surface area contributed by atoms with Gasteiger partial charge in [-0.25, -0.2) is 15.0 Å². The molecule has 0 saturated heterocycles. The number of hydrogen-bond donors (Lipinski definition) is 1. The molecule has 0 aliphatic heterocycles. The summed E-state index contributed by atoms with van der Waals surface area (Å²) in [5.74, 6) is 1.55. The van der Waals surface area contributed by atoms with E-state index in [1.165, 1.54) is 0 Å². The molecule has 96 valence electrons. The van der Waals surface area contributed by atoms with Gasteiger partial charge in [0.25, 0.3) is 0 Å². The van der Waals surface area contributed by atoms with Crippen molar-refractivity contribution < 1.29 is 0 Å². The van der Waals surface area contributed by atoms with E-state index in [1.807, 2.05) is 5.38 Å². The van der Waals surface area contributed by atoms with E-state index >= 15 is 0 Å². The molecule has 0 aliphatic rings. The molecule has 0 amide bonds. The summed E-state index contributed by atoms with van der Waals surface area (Å²) in [5, 5.41) is 6.11. The van der Waals surface area contributed by atoms with Crippen LogP contribution in [0.15, 0.2) is 16.0 Å². The minimum absolute atomic E-state index is 0.698. The number of anilines is 1. The maximum Gasteiger partial charge on any atom is 0.190 e. The first-order valence-electron chi connectivity index (χ1n) is 5.96. The Balaban J connectivity index is 2.42. The van der Waals surface area contributed by atoms with Crippen molar-refractivity contribution in [2.24, 2.45) is 0 Å². The van der Waals surface area contributed by atoms with Gasteiger partial charge >= 0.3 is 0 Å². The average molecular weight is 327 g/mol. The highest BCUT2D eigenvalue weighted by Gasteiger charge is 2.13. The predicted octanol–water partition coefficient (Wildman–Crippen LogP) is 3.75. The van der Waals surface area contributed by atoms with Gasteiger partial charge in [-0.3, -0.25) is 0 Å². The predicted molar refractivity (Wildman–Crippen MR) is 79.0 cm³/mol. The second-order valence-electron chi connectivity index (χ2n) is 3.77. The summed E-state index contributed by atoms with van der Waals surface area (Å²) in [6.45, 7) is 5.11. The quantitative estimate of drug-likeness (QED) is 0.909. The SMILES string of the molecule is CCCNc1nc(-c2nccs2)nc(CC)c1Br. The number of aryl methyl sites for hydroxylation is 1. The summed E-state index contributed by atoms with van der Waals surface area (Å²) < 4.78 is 0.957. The van der Waals surface area contributed by atoms with Crippen molar-refractivity contribution in [3.63, 3.8) is 0 Å². The lowest BCUT2D eigenvalue weighted by Crippen LogP contribution is -2.07. The number of aromatic nitrogens is 3. The number of halogens is 1. The Labute approximate surface area is 119 Å². The van der Waals surface area contributed by atoms with E-state index < -0.39 is 0 Å². The van der Waals surface area contributed by atoms with Gasteiger partial charge in [0.2, 0.25) is 0 Å². The number of nitrogens with one attached hydrogen (secondary N) is 1. The number of nitrogens with zero attached hydrogens (tertiary/aromatic N) is 3. The molecule has 4 nitrogen and oxygen atoms in total. The summed E-state index contributed by atoms with van der Waals surface area (Å²) in [5.41, 5.74) is 1.01. The molecule has 0 fully saturated rings. The molecule has 2 rings (SSSR count). The van der Waals surface area contributed by atoms with Gasteiger partial charge in [-0.15, -0.1) is 11.3 Å². The normalized spacial score (nSPS) is 10.6. The molecule has 1 N–H and O–H groups in total. The van der Waals surface area contributed by atoms with Crippen LogP contribution in [0.4, 0.5) is 5.82 Å². The molecule has 0 bridgehead atoms. The number of hydrogen-bond acceptors (Lipinski definition) is 5. The third-order valence-electron chi connectivity index (χ3n) is 2.42. The summed E-state index contributed by atoms with van der Waals surface area (Å²) in [6, 6.07) is 0. The van der Waals surface area contributed by atoms with Crippen molar-refractivity contribution in [1.82, 2.24) is 15.0 Å². The molecule has 2 heterocycles. The molecule has 2 aromatic heterocycles. The molecule has 0 atom stereocenters. The van der Waals surface area contributed by atoms with Crippen LogP contribution < -0.4 is 5.32 Å². The van der Waals surface area contributed by atoms with Crippen LogP contribution >= 0.6 is 27.3 Å². The van der Waals surface area contributed by atoms with Gasteiger partial charge in [0.05, 0.1) is 10.2 Å². The summed E-state index contributed by atoms with van der Waals surface area (Å²) in [7, 11) is 0. The van der Waals surface area contributed by atoms with Crippen molar-refractivity contribution in [2.75, 3.05) is 11.9 Å². The largest absolute Gasteiger partial charge is 0.369 e. The zero-order chi connectivity index (χ0) is 13.0. The Hall–Kier alpha value is -1.01. The van der Waals surface area contributed by atoms with Gasteiger partial charge in [0.15, 0.2) is 10.8 Å². The van der Waals surface area contributed by atoms with E-state index in [-0.39, 0.29) is 0 Å². The zero-order valence-electron chi connectivity index (χ0n) is 10.4. The van der Waals surface area contributed by atoms with Gasteiger partial charge in [0.1, 0.15) is 5.82 Å². The van der Waals surface area contributed by atoms with E-state index in [9.17, 15) is 0 Å². The maximum absolute atomic E-state index is 4.55. The lowest BCUT2D eigenvalue weighted by Gasteiger charge is -2.10. The third-order valence-corrected chi connectivity index (χ3v) is 4.02. The molecule has 6 heteroatoms. The highest BCUT2D eigenvalue weighted by Crippen LogP contribution is 2.28. The van der Waals surface area contributed by atoms with Crippen LogP contribution in [0.2, 0.25) is 0 Å². The molecule has 0 radical (unpaired) electrons. The van der Waals surface area contributed by atoms with Gasteiger partial charge in [-0.1, -0.05) is 13.8 Å². The van der Waals surface area contributed by atoms with Crippen molar-refractivity contribution in [2.45, 2.75) is 26.7 Å². The molecule has 2 aromatic rings. The van der Waals surface area contributed by atoms with Crippen molar-refractivity contribution in [3.05, 3.63) is 21.7 Å².